The quantitative estimate of drug-likeness (QED) is 0.762. The summed E-state index contributed by atoms with van der Waals surface area (Å²) in [5.74, 6) is 3.26. The number of pyridine rings is 1. The summed E-state index contributed by atoms with van der Waals surface area (Å²) in [6, 6.07) is 2.04. The van der Waals surface area contributed by atoms with Gasteiger partial charge < -0.3 is 4.90 Å². The van der Waals surface area contributed by atoms with E-state index in [2.05, 4.69) is 9.88 Å². The largest absolute Gasteiger partial charge is 0.356 e. The van der Waals surface area contributed by atoms with Crippen LogP contribution in [0.4, 0.5) is 5.82 Å². The molecule has 1 saturated heterocycles. The van der Waals surface area contributed by atoms with Crippen molar-refractivity contribution in [1.29, 1.82) is 0 Å². The molecule has 0 aromatic carbocycles. The van der Waals surface area contributed by atoms with Crippen LogP contribution in [0.1, 0.15) is 24.8 Å². The third kappa shape index (κ3) is 2.13. The molecule has 1 saturated carbocycles. The van der Waals surface area contributed by atoms with E-state index < -0.39 is 0 Å². The molecule has 3 rings (SSSR count). The van der Waals surface area contributed by atoms with Gasteiger partial charge in [-0.25, -0.2) is 4.98 Å². The first-order valence-electron chi connectivity index (χ1n) is 6.23. The summed E-state index contributed by atoms with van der Waals surface area (Å²) in [5.41, 5.74) is 0.982. The van der Waals surface area contributed by atoms with Crippen molar-refractivity contribution in [3.05, 3.63) is 22.8 Å². The second-order valence-electron chi connectivity index (χ2n) is 5.12. The van der Waals surface area contributed by atoms with Crippen molar-refractivity contribution in [3.8, 4) is 0 Å². The molecule has 0 N–H and O–H groups in total. The summed E-state index contributed by atoms with van der Waals surface area (Å²) in [6.45, 7) is 2.31. The molecule has 0 radical (unpaired) electrons. The molecule has 2 unspecified atom stereocenters. The topological polar surface area (TPSA) is 16.1 Å². The number of rotatable bonds is 2. The summed E-state index contributed by atoms with van der Waals surface area (Å²) in [6.07, 6.45) is 5.90. The van der Waals surface area contributed by atoms with E-state index in [0.717, 1.165) is 36.3 Å². The average molecular weight is 271 g/mol. The minimum Gasteiger partial charge on any atom is -0.356 e. The maximum absolute atomic E-state index is 6.03. The van der Waals surface area contributed by atoms with Crippen LogP contribution in [-0.2, 0) is 5.88 Å². The predicted octanol–water partition coefficient (Wildman–Crippen LogP) is 3.71. The summed E-state index contributed by atoms with van der Waals surface area (Å²) < 4.78 is 0. The van der Waals surface area contributed by atoms with E-state index in [-0.39, 0.29) is 0 Å². The number of aromatic nitrogens is 1. The number of anilines is 1. The van der Waals surface area contributed by atoms with Gasteiger partial charge in [0.1, 0.15) is 5.82 Å². The van der Waals surface area contributed by atoms with Crippen LogP contribution in [0.3, 0.4) is 0 Å². The smallest absolute Gasteiger partial charge is 0.128 e. The molecule has 1 aromatic rings. The molecule has 4 heteroatoms. The van der Waals surface area contributed by atoms with Crippen LogP contribution in [0.25, 0.3) is 0 Å². The molecular formula is C13H16Cl2N2. The van der Waals surface area contributed by atoms with Gasteiger partial charge in [-0.1, -0.05) is 18.0 Å². The number of alkyl halides is 1. The Morgan fingerprint density at radius 1 is 1.29 bits per heavy atom. The van der Waals surface area contributed by atoms with Crippen molar-refractivity contribution in [2.75, 3.05) is 18.0 Å². The van der Waals surface area contributed by atoms with Gasteiger partial charge in [-0.2, -0.15) is 0 Å². The number of hydrogen-bond acceptors (Lipinski definition) is 2. The Bertz CT molecular complexity index is 410. The molecule has 1 aliphatic heterocycles. The standard InChI is InChI=1S/C13H16Cl2N2/c14-5-11-4-13(16-6-12(11)15)17-7-9-2-1-3-10(9)8-17/h4,6,9-10H,1-3,5,7-8H2. The Morgan fingerprint density at radius 3 is 2.65 bits per heavy atom. The zero-order valence-electron chi connectivity index (χ0n) is 9.70. The van der Waals surface area contributed by atoms with Gasteiger partial charge in [0.25, 0.3) is 0 Å². The maximum atomic E-state index is 6.03. The first kappa shape index (κ1) is 11.6. The van der Waals surface area contributed by atoms with Crippen LogP contribution in [0.2, 0.25) is 5.02 Å². The van der Waals surface area contributed by atoms with E-state index in [1.807, 2.05) is 6.07 Å². The molecule has 17 heavy (non-hydrogen) atoms. The molecule has 1 aliphatic carbocycles. The maximum Gasteiger partial charge on any atom is 0.128 e. The predicted molar refractivity (Wildman–Crippen MR) is 71.8 cm³/mol. The minimum atomic E-state index is 0.453. The van der Waals surface area contributed by atoms with Gasteiger partial charge in [0.15, 0.2) is 0 Å². The molecule has 0 amide bonds. The van der Waals surface area contributed by atoms with E-state index in [4.69, 9.17) is 23.2 Å². The van der Waals surface area contributed by atoms with Crippen molar-refractivity contribution in [2.24, 2.45) is 11.8 Å². The van der Waals surface area contributed by atoms with E-state index in [1.54, 1.807) is 6.20 Å². The summed E-state index contributed by atoms with van der Waals surface area (Å²) in [7, 11) is 0. The van der Waals surface area contributed by atoms with Gasteiger partial charge in [-0.15, -0.1) is 11.6 Å². The van der Waals surface area contributed by atoms with Gasteiger partial charge in [-0.05, 0) is 36.3 Å². The fourth-order valence-corrected chi connectivity index (χ4v) is 3.62. The molecule has 2 nitrogen and oxygen atoms in total. The van der Waals surface area contributed by atoms with Crippen molar-refractivity contribution in [3.63, 3.8) is 0 Å². The fraction of sp³-hybridized carbons (Fsp3) is 0.615. The fourth-order valence-electron chi connectivity index (χ4n) is 3.17. The summed E-state index contributed by atoms with van der Waals surface area (Å²) >= 11 is 11.9. The van der Waals surface area contributed by atoms with E-state index in [0.29, 0.717) is 10.9 Å². The third-order valence-corrected chi connectivity index (χ3v) is 4.74. The number of hydrogen-bond donors (Lipinski definition) is 0. The van der Waals surface area contributed by atoms with Gasteiger partial charge in [0.2, 0.25) is 0 Å². The summed E-state index contributed by atoms with van der Waals surface area (Å²) in [4.78, 5) is 6.82. The Kier molecular flexibility index (Phi) is 3.18. The van der Waals surface area contributed by atoms with Crippen LogP contribution in [-0.4, -0.2) is 18.1 Å². The summed E-state index contributed by atoms with van der Waals surface area (Å²) in [5, 5.41) is 0.670. The molecule has 2 atom stereocenters. The van der Waals surface area contributed by atoms with Gasteiger partial charge in [0.05, 0.1) is 5.02 Å². The Balaban J connectivity index is 1.81. The highest BCUT2D eigenvalue weighted by atomic mass is 35.5. The molecular weight excluding hydrogens is 255 g/mol. The lowest BCUT2D eigenvalue weighted by molar-refractivity contribution is 0.494. The highest BCUT2D eigenvalue weighted by molar-refractivity contribution is 6.32. The van der Waals surface area contributed by atoms with Crippen LogP contribution >= 0.6 is 23.2 Å². The number of halogens is 2. The second-order valence-corrected chi connectivity index (χ2v) is 5.80. The van der Waals surface area contributed by atoms with Crippen LogP contribution in [0.15, 0.2) is 12.3 Å². The Labute approximate surface area is 112 Å². The lowest BCUT2D eigenvalue weighted by Gasteiger charge is -2.19. The van der Waals surface area contributed by atoms with Crippen molar-refractivity contribution < 1.29 is 0 Å². The van der Waals surface area contributed by atoms with Crippen molar-refractivity contribution >= 4 is 29.0 Å². The molecule has 2 fully saturated rings. The van der Waals surface area contributed by atoms with Crippen LogP contribution < -0.4 is 4.90 Å². The lowest BCUT2D eigenvalue weighted by atomic mass is 10.0. The number of nitrogens with zero attached hydrogens (tertiary/aromatic N) is 2. The molecule has 0 bridgehead atoms. The van der Waals surface area contributed by atoms with Crippen LogP contribution in [0.5, 0.6) is 0 Å². The van der Waals surface area contributed by atoms with Gasteiger partial charge in [-0.3, -0.25) is 0 Å². The Hall–Kier alpha value is -0.470. The normalized spacial score (nSPS) is 27.5. The average Bonchev–Trinajstić information content (AvgIpc) is 2.90. The van der Waals surface area contributed by atoms with Gasteiger partial charge in [0, 0.05) is 25.2 Å². The molecule has 92 valence electrons. The second kappa shape index (κ2) is 4.66. The van der Waals surface area contributed by atoms with Crippen molar-refractivity contribution in [2.45, 2.75) is 25.1 Å². The molecule has 0 spiro atoms. The zero-order valence-corrected chi connectivity index (χ0v) is 11.2. The highest BCUT2D eigenvalue weighted by Crippen LogP contribution is 2.39. The van der Waals surface area contributed by atoms with Gasteiger partial charge >= 0.3 is 0 Å². The minimum absolute atomic E-state index is 0.453. The van der Waals surface area contributed by atoms with Crippen LogP contribution in [0, 0.1) is 11.8 Å². The third-order valence-electron chi connectivity index (χ3n) is 4.11. The molecule has 2 aliphatic rings. The highest BCUT2D eigenvalue weighted by Gasteiger charge is 2.36. The first-order chi connectivity index (χ1) is 8.28. The monoisotopic (exact) mass is 270 g/mol. The molecule has 1 aromatic heterocycles. The van der Waals surface area contributed by atoms with E-state index in [9.17, 15) is 0 Å². The SMILES string of the molecule is ClCc1cc(N2CC3CCCC3C2)ncc1Cl. The zero-order chi connectivity index (χ0) is 11.8. The lowest BCUT2D eigenvalue weighted by Crippen LogP contribution is -2.21. The Morgan fingerprint density at radius 2 is 2.00 bits per heavy atom. The van der Waals surface area contributed by atoms with E-state index >= 15 is 0 Å². The number of fused-ring (bicyclic) bond motifs is 1. The van der Waals surface area contributed by atoms with E-state index in [1.165, 1.54) is 19.3 Å². The first-order valence-corrected chi connectivity index (χ1v) is 7.14. The molecule has 2 heterocycles. The van der Waals surface area contributed by atoms with Crippen molar-refractivity contribution in [1.82, 2.24) is 4.98 Å².